The highest BCUT2D eigenvalue weighted by atomic mass is 16.2. The third-order valence-electron chi connectivity index (χ3n) is 4.25. The SMILES string of the molecule is CCN1CCCC1CNC(=O)C(C)(N)c1ccccc1. The van der Waals surface area contributed by atoms with Crippen LogP contribution >= 0.6 is 0 Å². The fraction of sp³-hybridized carbons (Fsp3) is 0.562. The maximum atomic E-state index is 12.4. The lowest BCUT2D eigenvalue weighted by Crippen LogP contribution is -2.51. The van der Waals surface area contributed by atoms with Crippen molar-refractivity contribution in [3.63, 3.8) is 0 Å². The quantitative estimate of drug-likeness (QED) is 0.855. The first-order valence-corrected chi connectivity index (χ1v) is 7.42. The van der Waals surface area contributed by atoms with E-state index in [0.717, 1.165) is 25.1 Å². The summed E-state index contributed by atoms with van der Waals surface area (Å²) in [5.41, 5.74) is 6.08. The van der Waals surface area contributed by atoms with Crippen molar-refractivity contribution in [2.24, 2.45) is 5.73 Å². The van der Waals surface area contributed by atoms with Crippen LogP contribution in [0.25, 0.3) is 0 Å². The highest BCUT2D eigenvalue weighted by Gasteiger charge is 2.31. The number of benzene rings is 1. The number of carbonyl (C=O) groups is 1. The van der Waals surface area contributed by atoms with Crippen LogP contribution in [0.1, 0.15) is 32.3 Å². The van der Waals surface area contributed by atoms with Crippen LogP contribution in [-0.2, 0) is 10.3 Å². The number of hydrogen-bond donors (Lipinski definition) is 2. The molecular weight excluding hydrogens is 250 g/mol. The van der Waals surface area contributed by atoms with Gasteiger partial charge in [0.2, 0.25) is 5.91 Å². The number of carbonyl (C=O) groups excluding carboxylic acids is 1. The second-order valence-corrected chi connectivity index (χ2v) is 5.70. The Morgan fingerprint density at radius 1 is 1.45 bits per heavy atom. The number of likely N-dealkylation sites (tertiary alicyclic amines) is 1. The Morgan fingerprint density at radius 3 is 2.80 bits per heavy atom. The third-order valence-corrected chi connectivity index (χ3v) is 4.25. The molecule has 0 aliphatic carbocycles. The van der Waals surface area contributed by atoms with E-state index >= 15 is 0 Å². The zero-order valence-corrected chi connectivity index (χ0v) is 12.4. The second-order valence-electron chi connectivity index (χ2n) is 5.70. The first-order valence-electron chi connectivity index (χ1n) is 7.42. The Kier molecular flexibility index (Phi) is 4.78. The summed E-state index contributed by atoms with van der Waals surface area (Å²) in [7, 11) is 0. The minimum Gasteiger partial charge on any atom is -0.353 e. The molecule has 1 aliphatic heterocycles. The van der Waals surface area contributed by atoms with E-state index in [2.05, 4.69) is 17.1 Å². The van der Waals surface area contributed by atoms with Crippen molar-refractivity contribution < 1.29 is 4.79 Å². The van der Waals surface area contributed by atoms with Crippen molar-refractivity contribution in [1.29, 1.82) is 0 Å². The summed E-state index contributed by atoms with van der Waals surface area (Å²) in [5, 5.41) is 3.02. The van der Waals surface area contributed by atoms with Gasteiger partial charge in [-0.25, -0.2) is 0 Å². The molecule has 2 rings (SSSR count). The lowest BCUT2D eigenvalue weighted by atomic mass is 9.92. The molecule has 2 unspecified atom stereocenters. The van der Waals surface area contributed by atoms with Crippen LogP contribution in [0.3, 0.4) is 0 Å². The minimum absolute atomic E-state index is 0.105. The Bertz CT molecular complexity index is 444. The van der Waals surface area contributed by atoms with Crippen molar-refractivity contribution in [2.75, 3.05) is 19.6 Å². The van der Waals surface area contributed by atoms with Gasteiger partial charge >= 0.3 is 0 Å². The predicted octanol–water partition coefficient (Wildman–Crippen LogP) is 1.46. The smallest absolute Gasteiger partial charge is 0.244 e. The zero-order chi connectivity index (χ0) is 14.6. The summed E-state index contributed by atoms with van der Waals surface area (Å²) in [6.45, 7) is 6.79. The van der Waals surface area contributed by atoms with Crippen molar-refractivity contribution in [3.8, 4) is 0 Å². The number of nitrogens with zero attached hydrogens (tertiary/aromatic N) is 1. The largest absolute Gasteiger partial charge is 0.353 e. The van der Waals surface area contributed by atoms with Gasteiger partial charge in [0.1, 0.15) is 5.54 Å². The molecule has 4 heteroatoms. The maximum absolute atomic E-state index is 12.4. The Balaban J connectivity index is 1.94. The molecular formula is C16H25N3O. The maximum Gasteiger partial charge on any atom is 0.244 e. The van der Waals surface area contributed by atoms with Crippen molar-refractivity contribution >= 4 is 5.91 Å². The van der Waals surface area contributed by atoms with E-state index in [1.54, 1.807) is 6.92 Å². The molecule has 1 aromatic rings. The minimum atomic E-state index is -0.975. The zero-order valence-electron chi connectivity index (χ0n) is 12.4. The lowest BCUT2D eigenvalue weighted by molar-refractivity contribution is -0.126. The molecule has 0 spiro atoms. The fourth-order valence-corrected chi connectivity index (χ4v) is 2.85. The Hall–Kier alpha value is -1.39. The van der Waals surface area contributed by atoms with E-state index in [1.807, 2.05) is 30.3 Å². The van der Waals surface area contributed by atoms with Gasteiger partial charge in [0.05, 0.1) is 0 Å². The number of hydrogen-bond acceptors (Lipinski definition) is 3. The Morgan fingerprint density at radius 2 is 2.15 bits per heavy atom. The number of rotatable bonds is 5. The molecule has 3 N–H and O–H groups in total. The molecule has 1 aliphatic rings. The van der Waals surface area contributed by atoms with E-state index in [4.69, 9.17) is 5.73 Å². The summed E-state index contributed by atoms with van der Waals surface area (Å²) in [5.74, 6) is -0.105. The number of amides is 1. The van der Waals surface area contributed by atoms with E-state index in [1.165, 1.54) is 6.42 Å². The van der Waals surface area contributed by atoms with Crippen molar-refractivity contribution in [2.45, 2.75) is 38.3 Å². The van der Waals surface area contributed by atoms with E-state index in [0.29, 0.717) is 12.6 Å². The van der Waals surface area contributed by atoms with Gasteiger partial charge in [0.25, 0.3) is 0 Å². The molecule has 0 bridgehead atoms. The number of nitrogens with one attached hydrogen (secondary N) is 1. The topological polar surface area (TPSA) is 58.4 Å². The van der Waals surface area contributed by atoms with Gasteiger partial charge in [-0.05, 0) is 38.4 Å². The van der Waals surface area contributed by atoms with E-state index in [9.17, 15) is 4.79 Å². The molecule has 1 saturated heterocycles. The van der Waals surface area contributed by atoms with Crippen molar-refractivity contribution in [1.82, 2.24) is 10.2 Å². The number of nitrogens with two attached hydrogens (primary N) is 1. The van der Waals surface area contributed by atoms with Crippen LogP contribution in [0, 0.1) is 0 Å². The van der Waals surface area contributed by atoms with Gasteiger partial charge in [-0.2, -0.15) is 0 Å². The summed E-state index contributed by atoms with van der Waals surface area (Å²) < 4.78 is 0. The predicted molar refractivity (Wildman–Crippen MR) is 81.3 cm³/mol. The molecule has 20 heavy (non-hydrogen) atoms. The van der Waals surface area contributed by atoms with Gasteiger partial charge in [0.15, 0.2) is 0 Å². The van der Waals surface area contributed by atoms with Gasteiger partial charge in [-0.15, -0.1) is 0 Å². The van der Waals surface area contributed by atoms with Gasteiger partial charge in [0, 0.05) is 12.6 Å². The first-order chi connectivity index (χ1) is 9.55. The van der Waals surface area contributed by atoms with Crippen LogP contribution in [-0.4, -0.2) is 36.5 Å². The normalized spacial score (nSPS) is 22.4. The lowest BCUT2D eigenvalue weighted by Gasteiger charge is -2.27. The molecule has 1 amide bonds. The van der Waals surface area contributed by atoms with Crippen LogP contribution in [0.4, 0.5) is 0 Å². The average Bonchev–Trinajstić information content (AvgIpc) is 2.93. The standard InChI is InChI=1S/C16H25N3O/c1-3-19-11-7-10-14(19)12-18-15(20)16(2,17)13-8-5-4-6-9-13/h4-6,8-9,14H,3,7,10-12,17H2,1-2H3,(H,18,20). The summed E-state index contributed by atoms with van der Waals surface area (Å²) in [6, 6.07) is 9.99. The van der Waals surface area contributed by atoms with Gasteiger partial charge < -0.3 is 11.1 Å². The fourth-order valence-electron chi connectivity index (χ4n) is 2.85. The van der Waals surface area contributed by atoms with Crippen LogP contribution in [0.15, 0.2) is 30.3 Å². The Labute approximate surface area is 121 Å². The molecule has 0 saturated carbocycles. The highest BCUT2D eigenvalue weighted by molar-refractivity contribution is 5.87. The molecule has 0 aromatic heterocycles. The van der Waals surface area contributed by atoms with Crippen LogP contribution in [0.2, 0.25) is 0 Å². The van der Waals surface area contributed by atoms with Crippen LogP contribution < -0.4 is 11.1 Å². The summed E-state index contributed by atoms with van der Waals surface area (Å²) in [4.78, 5) is 14.8. The molecule has 0 radical (unpaired) electrons. The molecule has 1 heterocycles. The molecule has 2 atom stereocenters. The van der Waals surface area contributed by atoms with E-state index in [-0.39, 0.29) is 5.91 Å². The first kappa shape index (κ1) is 15.0. The monoisotopic (exact) mass is 275 g/mol. The second kappa shape index (κ2) is 6.37. The van der Waals surface area contributed by atoms with Crippen LogP contribution in [0.5, 0.6) is 0 Å². The number of likely N-dealkylation sites (N-methyl/N-ethyl adjacent to an activating group) is 1. The van der Waals surface area contributed by atoms with Gasteiger partial charge in [-0.1, -0.05) is 37.3 Å². The molecule has 1 fully saturated rings. The van der Waals surface area contributed by atoms with Crippen molar-refractivity contribution in [3.05, 3.63) is 35.9 Å². The average molecular weight is 275 g/mol. The highest BCUT2D eigenvalue weighted by Crippen LogP contribution is 2.19. The van der Waals surface area contributed by atoms with Gasteiger partial charge in [-0.3, -0.25) is 9.69 Å². The molecule has 4 nitrogen and oxygen atoms in total. The summed E-state index contributed by atoms with van der Waals surface area (Å²) >= 11 is 0. The summed E-state index contributed by atoms with van der Waals surface area (Å²) in [6.07, 6.45) is 2.37. The third kappa shape index (κ3) is 3.19. The molecule has 110 valence electrons. The molecule has 1 aromatic carbocycles. The van der Waals surface area contributed by atoms with E-state index < -0.39 is 5.54 Å².